The SMILES string of the molecule is O=C(NCC(F)(F)CO)c1n[nH]c2ccccc12. The Bertz CT molecular complexity index is 568. The average Bonchev–Trinajstić information content (AvgIpc) is 2.80. The Morgan fingerprint density at radius 2 is 2.17 bits per heavy atom. The molecule has 0 bridgehead atoms. The van der Waals surface area contributed by atoms with Crippen molar-refractivity contribution in [2.45, 2.75) is 5.92 Å². The minimum atomic E-state index is -3.33. The van der Waals surface area contributed by atoms with Crippen molar-refractivity contribution in [2.24, 2.45) is 0 Å². The van der Waals surface area contributed by atoms with E-state index in [0.717, 1.165) is 0 Å². The van der Waals surface area contributed by atoms with E-state index in [-0.39, 0.29) is 5.69 Å². The van der Waals surface area contributed by atoms with Crippen LogP contribution in [0.4, 0.5) is 8.78 Å². The maximum absolute atomic E-state index is 12.8. The summed E-state index contributed by atoms with van der Waals surface area (Å²) in [6.07, 6.45) is 0. The second kappa shape index (κ2) is 4.69. The number of aromatic amines is 1. The molecule has 1 aromatic carbocycles. The number of rotatable bonds is 4. The molecule has 0 unspecified atom stereocenters. The van der Waals surface area contributed by atoms with Crippen molar-refractivity contribution in [3.8, 4) is 0 Å². The number of aromatic nitrogens is 2. The predicted molar refractivity (Wildman–Crippen MR) is 60.5 cm³/mol. The summed E-state index contributed by atoms with van der Waals surface area (Å²) in [7, 11) is 0. The van der Waals surface area contributed by atoms with Gasteiger partial charge in [0.1, 0.15) is 6.61 Å². The highest BCUT2D eigenvalue weighted by molar-refractivity contribution is 6.04. The van der Waals surface area contributed by atoms with Crippen LogP contribution in [0.2, 0.25) is 0 Å². The third-order valence-corrected chi connectivity index (χ3v) is 2.42. The van der Waals surface area contributed by atoms with E-state index in [1.807, 2.05) is 5.32 Å². The van der Waals surface area contributed by atoms with Crippen molar-refractivity contribution in [3.63, 3.8) is 0 Å². The Balaban J connectivity index is 2.14. The third kappa shape index (κ3) is 2.45. The molecule has 0 fully saturated rings. The molecule has 1 amide bonds. The fraction of sp³-hybridized carbons (Fsp3) is 0.273. The Labute approximate surface area is 101 Å². The van der Waals surface area contributed by atoms with Gasteiger partial charge in [0.2, 0.25) is 0 Å². The van der Waals surface area contributed by atoms with Gasteiger partial charge in [0, 0.05) is 5.39 Å². The number of hydrogen-bond donors (Lipinski definition) is 3. The molecule has 7 heteroatoms. The maximum atomic E-state index is 12.8. The number of hydrogen-bond acceptors (Lipinski definition) is 3. The number of nitrogens with one attached hydrogen (secondary N) is 2. The van der Waals surface area contributed by atoms with Gasteiger partial charge < -0.3 is 10.4 Å². The highest BCUT2D eigenvalue weighted by Crippen LogP contribution is 2.15. The Hall–Kier alpha value is -2.02. The summed E-state index contributed by atoms with van der Waals surface area (Å²) in [5.41, 5.74) is 0.705. The van der Waals surface area contributed by atoms with Gasteiger partial charge in [-0.05, 0) is 6.07 Å². The van der Waals surface area contributed by atoms with E-state index >= 15 is 0 Å². The van der Waals surface area contributed by atoms with Gasteiger partial charge in [0.15, 0.2) is 5.69 Å². The molecule has 3 N–H and O–H groups in total. The molecule has 0 radical (unpaired) electrons. The normalized spacial score (nSPS) is 11.7. The van der Waals surface area contributed by atoms with Crippen molar-refractivity contribution >= 4 is 16.8 Å². The lowest BCUT2D eigenvalue weighted by molar-refractivity contribution is -0.0462. The lowest BCUT2D eigenvalue weighted by Crippen LogP contribution is -2.39. The van der Waals surface area contributed by atoms with Gasteiger partial charge in [0.25, 0.3) is 11.8 Å². The summed E-state index contributed by atoms with van der Waals surface area (Å²) in [5.74, 6) is -4.04. The Morgan fingerprint density at radius 1 is 1.44 bits per heavy atom. The minimum absolute atomic E-state index is 0.0549. The fourth-order valence-corrected chi connectivity index (χ4v) is 1.49. The van der Waals surface area contributed by atoms with Crippen LogP contribution in [0.1, 0.15) is 10.5 Å². The van der Waals surface area contributed by atoms with Crippen molar-refractivity contribution in [3.05, 3.63) is 30.0 Å². The van der Waals surface area contributed by atoms with Crippen LogP contribution in [-0.2, 0) is 0 Å². The third-order valence-electron chi connectivity index (χ3n) is 2.42. The molecule has 0 atom stereocenters. The van der Waals surface area contributed by atoms with E-state index in [9.17, 15) is 13.6 Å². The number of halogens is 2. The molecular weight excluding hydrogens is 244 g/mol. The highest BCUT2D eigenvalue weighted by atomic mass is 19.3. The van der Waals surface area contributed by atoms with Gasteiger partial charge >= 0.3 is 0 Å². The highest BCUT2D eigenvalue weighted by Gasteiger charge is 2.29. The molecule has 0 saturated carbocycles. The summed E-state index contributed by atoms with van der Waals surface area (Å²) in [6, 6.07) is 6.87. The van der Waals surface area contributed by atoms with Crippen LogP contribution in [0.25, 0.3) is 10.9 Å². The predicted octanol–water partition coefficient (Wildman–Crippen LogP) is 0.920. The molecular formula is C11H11F2N3O2. The zero-order valence-corrected chi connectivity index (χ0v) is 9.28. The number of aliphatic hydroxyl groups is 1. The molecule has 0 aliphatic carbocycles. The molecule has 5 nitrogen and oxygen atoms in total. The lowest BCUT2D eigenvalue weighted by Gasteiger charge is -2.13. The molecule has 0 aliphatic heterocycles. The minimum Gasteiger partial charge on any atom is -0.390 e. The largest absolute Gasteiger partial charge is 0.390 e. The van der Waals surface area contributed by atoms with Gasteiger partial charge in [-0.25, -0.2) is 8.78 Å². The molecule has 0 spiro atoms. The van der Waals surface area contributed by atoms with Crippen LogP contribution in [0.3, 0.4) is 0 Å². The zero-order valence-electron chi connectivity index (χ0n) is 9.28. The molecule has 18 heavy (non-hydrogen) atoms. The van der Waals surface area contributed by atoms with E-state index < -0.39 is 25.0 Å². The second-order valence-electron chi connectivity index (χ2n) is 3.81. The van der Waals surface area contributed by atoms with Gasteiger partial charge in [0.05, 0.1) is 12.1 Å². The van der Waals surface area contributed by atoms with Crippen LogP contribution in [-0.4, -0.2) is 40.3 Å². The second-order valence-corrected chi connectivity index (χ2v) is 3.81. The molecule has 0 aliphatic rings. The van der Waals surface area contributed by atoms with Crippen LogP contribution in [0.5, 0.6) is 0 Å². The molecule has 2 rings (SSSR count). The first-order valence-electron chi connectivity index (χ1n) is 5.23. The van der Waals surface area contributed by atoms with E-state index in [0.29, 0.717) is 10.9 Å². The van der Waals surface area contributed by atoms with Gasteiger partial charge in [-0.1, -0.05) is 18.2 Å². The van der Waals surface area contributed by atoms with Crippen LogP contribution in [0, 0.1) is 0 Å². The fourth-order valence-electron chi connectivity index (χ4n) is 1.49. The number of alkyl halides is 2. The smallest absolute Gasteiger partial charge is 0.287 e. The summed E-state index contributed by atoms with van der Waals surface area (Å²) in [6.45, 7) is -2.24. The van der Waals surface area contributed by atoms with Gasteiger partial charge in [-0.15, -0.1) is 0 Å². The van der Waals surface area contributed by atoms with E-state index in [1.54, 1.807) is 24.3 Å². The van der Waals surface area contributed by atoms with Crippen molar-refractivity contribution in [2.75, 3.05) is 13.2 Å². The van der Waals surface area contributed by atoms with Crippen molar-refractivity contribution in [1.29, 1.82) is 0 Å². The number of carbonyl (C=O) groups is 1. The number of H-pyrrole nitrogens is 1. The van der Waals surface area contributed by atoms with Crippen LogP contribution >= 0.6 is 0 Å². The number of para-hydroxylation sites is 1. The van der Waals surface area contributed by atoms with Gasteiger partial charge in [-0.2, -0.15) is 5.10 Å². The Morgan fingerprint density at radius 3 is 2.89 bits per heavy atom. The van der Waals surface area contributed by atoms with Crippen molar-refractivity contribution in [1.82, 2.24) is 15.5 Å². The first-order chi connectivity index (χ1) is 8.53. The molecule has 1 aromatic heterocycles. The topological polar surface area (TPSA) is 78.0 Å². The van der Waals surface area contributed by atoms with E-state index in [1.165, 1.54) is 0 Å². The zero-order chi connectivity index (χ0) is 13.2. The first-order valence-corrected chi connectivity index (χ1v) is 5.23. The van der Waals surface area contributed by atoms with Crippen LogP contribution < -0.4 is 5.32 Å². The monoisotopic (exact) mass is 255 g/mol. The number of nitrogens with zero attached hydrogens (tertiary/aromatic N) is 1. The quantitative estimate of drug-likeness (QED) is 0.760. The number of amides is 1. The summed E-state index contributed by atoms with van der Waals surface area (Å²) in [5, 5.41) is 17.4. The molecule has 1 heterocycles. The van der Waals surface area contributed by atoms with E-state index in [4.69, 9.17) is 5.11 Å². The molecule has 0 saturated heterocycles. The average molecular weight is 255 g/mol. The first kappa shape index (κ1) is 12.4. The molecule has 2 aromatic rings. The number of aliphatic hydroxyl groups excluding tert-OH is 1. The molecule has 96 valence electrons. The maximum Gasteiger partial charge on any atom is 0.287 e. The van der Waals surface area contributed by atoms with Crippen molar-refractivity contribution < 1.29 is 18.7 Å². The summed E-state index contributed by atoms with van der Waals surface area (Å²) >= 11 is 0. The standard InChI is InChI=1S/C11H11F2N3O2/c12-11(13,6-17)5-14-10(18)9-7-3-1-2-4-8(7)15-16-9/h1-4,17H,5-6H2,(H,14,18)(H,15,16). The lowest BCUT2D eigenvalue weighted by atomic mass is 10.2. The van der Waals surface area contributed by atoms with Gasteiger partial charge in [-0.3, -0.25) is 9.89 Å². The van der Waals surface area contributed by atoms with Crippen LogP contribution in [0.15, 0.2) is 24.3 Å². The Kier molecular flexibility index (Phi) is 3.24. The van der Waals surface area contributed by atoms with E-state index in [2.05, 4.69) is 10.2 Å². The number of carbonyl (C=O) groups excluding carboxylic acids is 1. The summed E-state index contributed by atoms with van der Waals surface area (Å²) < 4.78 is 25.6. The summed E-state index contributed by atoms with van der Waals surface area (Å²) in [4.78, 5) is 11.7. The number of benzene rings is 1. The number of fused-ring (bicyclic) bond motifs is 1.